The molecule has 0 fully saturated rings. The predicted octanol–water partition coefficient (Wildman–Crippen LogP) is 2.45. The van der Waals surface area contributed by atoms with E-state index in [1.807, 2.05) is 0 Å². The summed E-state index contributed by atoms with van der Waals surface area (Å²) >= 11 is 6.82. The molecule has 0 aliphatic carbocycles. The smallest absolute Gasteiger partial charge is 0.187 e. The van der Waals surface area contributed by atoms with Crippen LogP contribution in [0.5, 0.6) is 0 Å². The van der Waals surface area contributed by atoms with E-state index in [1.54, 1.807) is 24.3 Å². The zero-order chi connectivity index (χ0) is 12.6. The fourth-order valence-corrected chi connectivity index (χ4v) is 3.55. The Labute approximate surface area is 108 Å². The molecule has 90 valence electrons. The molecule has 2 aromatic rings. The van der Waals surface area contributed by atoms with Crippen LogP contribution in [0.4, 0.5) is 5.13 Å². The lowest BCUT2D eigenvalue weighted by Crippen LogP contribution is -1.96. The number of nitrogens with two attached hydrogens (primary N) is 1. The van der Waals surface area contributed by atoms with Gasteiger partial charge in [-0.3, -0.25) is 0 Å². The van der Waals surface area contributed by atoms with Crippen molar-refractivity contribution >= 4 is 37.9 Å². The van der Waals surface area contributed by atoms with E-state index in [-0.39, 0.29) is 9.34 Å². The molecule has 1 aromatic heterocycles. The van der Waals surface area contributed by atoms with Gasteiger partial charge >= 0.3 is 0 Å². The van der Waals surface area contributed by atoms with Crippen molar-refractivity contribution in [1.29, 1.82) is 0 Å². The van der Waals surface area contributed by atoms with Crippen LogP contribution < -0.4 is 5.73 Å². The molecule has 0 saturated heterocycles. The van der Waals surface area contributed by atoms with Gasteiger partial charge < -0.3 is 5.73 Å². The Morgan fingerprint density at radius 3 is 2.71 bits per heavy atom. The Hall–Kier alpha value is -1.11. The van der Waals surface area contributed by atoms with E-state index in [0.29, 0.717) is 16.3 Å². The fraction of sp³-hybridized carbons (Fsp3) is 0.100. The standard InChI is InChI=1S/C10H9ClN2O2S2/c1-17(14,15)9-8(13-10(12)16-9)6-3-2-4-7(11)5-6/h2-5H,1H3,(H2,12,13). The van der Waals surface area contributed by atoms with Crippen molar-refractivity contribution in [3.63, 3.8) is 0 Å². The third kappa shape index (κ3) is 2.59. The molecule has 1 heterocycles. The van der Waals surface area contributed by atoms with Gasteiger partial charge in [-0.1, -0.05) is 35.1 Å². The molecule has 2 N–H and O–H groups in total. The van der Waals surface area contributed by atoms with Crippen LogP contribution in [0.1, 0.15) is 0 Å². The number of sulfone groups is 1. The highest BCUT2D eigenvalue weighted by atomic mass is 35.5. The number of rotatable bonds is 2. The highest BCUT2D eigenvalue weighted by Gasteiger charge is 2.20. The first kappa shape index (κ1) is 12.3. The highest BCUT2D eigenvalue weighted by molar-refractivity contribution is 7.93. The van der Waals surface area contributed by atoms with Crippen LogP contribution in [0.25, 0.3) is 11.3 Å². The predicted molar refractivity (Wildman–Crippen MR) is 70.1 cm³/mol. The molecular formula is C10H9ClN2O2S2. The minimum Gasteiger partial charge on any atom is -0.375 e. The second-order valence-electron chi connectivity index (χ2n) is 3.47. The van der Waals surface area contributed by atoms with Gasteiger partial charge in [0.05, 0.1) is 0 Å². The van der Waals surface area contributed by atoms with Gasteiger partial charge in [-0.25, -0.2) is 13.4 Å². The summed E-state index contributed by atoms with van der Waals surface area (Å²) in [5.41, 5.74) is 6.56. The summed E-state index contributed by atoms with van der Waals surface area (Å²) in [6, 6.07) is 6.85. The molecule has 0 amide bonds. The summed E-state index contributed by atoms with van der Waals surface area (Å²) in [6.45, 7) is 0. The number of nitrogen functional groups attached to an aromatic ring is 1. The van der Waals surface area contributed by atoms with Crippen LogP contribution in [0.2, 0.25) is 5.02 Å². The Morgan fingerprint density at radius 1 is 1.41 bits per heavy atom. The molecule has 0 spiro atoms. The van der Waals surface area contributed by atoms with Crippen molar-refractivity contribution < 1.29 is 8.42 Å². The summed E-state index contributed by atoms with van der Waals surface area (Å²) in [7, 11) is -3.34. The summed E-state index contributed by atoms with van der Waals surface area (Å²) < 4.78 is 23.4. The van der Waals surface area contributed by atoms with E-state index < -0.39 is 9.84 Å². The number of hydrogen-bond acceptors (Lipinski definition) is 5. The van der Waals surface area contributed by atoms with Gasteiger partial charge in [-0.2, -0.15) is 0 Å². The number of aromatic nitrogens is 1. The quantitative estimate of drug-likeness (QED) is 0.921. The second-order valence-corrected chi connectivity index (χ2v) is 7.15. The number of halogens is 1. The molecule has 0 aliphatic rings. The second kappa shape index (κ2) is 4.29. The Bertz CT molecular complexity index is 665. The first-order valence-electron chi connectivity index (χ1n) is 4.60. The van der Waals surface area contributed by atoms with Gasteiger partial charge in [-0.15, -0.1) is 0 Å². The van der Waals surface area contributed by atoms with Gasteiger partial charge in [0.15, 0.2) is 15.0 Å². The Morgan fingerprint density at radius 2 is 2.12 bits per heavy atom. The summed E-state index contributed by atoms with van der Waals surface area (Å²) in [6.07, 6.45) is 1.13. The summed E-state index contributed by atoms with van der Waals surface area (Å²) in [5, 5.41) is 0.744. The number of nitrogens with zero attached hydrogens (tertiary/aromatic N) is 1. The van der Waals surface area contributed by atoms with E-state index in [0.717, 1.165) is 17.6 Å². The van der Waals surface area contributed by atoms with Crippen LogP contribution in [0, 0.1) is 0 Å². The van der Waals surface area contributed by atoms with E-state index in [9.17, 15) is 8.42 Å². The molecule has 17 heavy (non-hydrogen) atoms. The number of anilines is 1. The maximum absolute atomic E-state index is 11.6. The van der Waals surface area contributed by atoms with Crippen LogP contribution in [-0.4, -0.2) is 19.7 Å². The lowest BCUT2D eigenvalue weighted by Gasteiger charge is -2.00. The van der Waals surface area contributed by atoms with Crippen molar-refractivity contribution in [3.05, 3.63) is 29.3 Å². The average molecular weight is 289 g/mol. The molecule has 0 bridgehead atoms. The molecular weight excluding hydrogens is 280 g/mol. The van der Waals surface area contributed by atoms with Crippen LogP contribution in [0.15, 0.2) is 28.5 Å². The van der Waals surface area contributed by atoms with Crippen LogP contribution in [0.3, 0.4) is 0 Å². The topological polar surface area (TPSA) is 73.0 Å². The first-order valence-corrected chi connectivity index (χ1v) is 7.69. The van der Waals surface area contributed by atoms with Crippen molar-refractivity contribution in [1.82, 2.24) is 4.98 Å². The normalized spacial score (nSPS) is 11.6. The molecule has 2 rings (SSSR count). The van der Waals surface area contributed by atoms with Gasteiger partial charge in [0.25, 0.3) is 0 Å². The molecule has 4 nitrogen and oxygen atoms in total. The lowest BCUT2D eigenvalue weighted by molar-refractivity contribution is 0.604. The zero-order valence-corrected chi connectivity index (χ0v) is 11.2. The molecule has 0 aliphatic heterocycles. The SMILES string of the molecule is CS(=O)(=O)c1sc(N)nc1-c1cccc(Cl)c1. The fourth-order valence-electron chi connectivity index (χ4n) is 1.39. The van der Waals surface area contributed by atoms with Gasteiger partial charge in [0, 0.05) is 16.8 Å². The number of hydrogen-bond donors (Lipinski definition) is 1. The van der Waals surface area contributed by atoms with Crippen molar-refractivity contribution in [2.75, 3.05) is 12.0 Å². The Kier molecular flexibility index (Phi) is 3.11. The monoisotopic (exact) mass is 288 g/mol. The molecule has 0 saturated carbocycles. The first-order chi connectivity index (χ1) is 7.88. The van der Waals surface area contributed by atoms with Crippen LogP contribution in [-0.2, 0) is 9.84 Å². The molecule has 1 aromatic carbocycles. The highest BCUT2D eigenvalue weighted by Crippen LogP contribution is 2.34. The minimum atomic E-state index is -3.34. The third-order valence-electron chi connectivity index (χ3n) is 2.05. The molecule has 0 radical (unpaired) electrons. The van der Waals surface area contributed by atoms with E-state index in [1.165, 1.54) is 0 Å². The summed E-state index contributed by atoms with van der Waals surface area (Å²) in [4.78, 5) is 4.05. The molecule has 7 heteroatoms. The van der Waals surface area contributed by atoms with Gasteiger partial charge in [-0.05, 0) is 12.1 Å². The van der Waals surface area contributed by atoms with Crippen LogP contribution >= 0.6 is 22.9 Å². The number of benzene rings is 1. The van der Waals surface area contributed by atoms with E-state index in [2.05, 4.69) is 4.98 Å². The van der Waals surface area contributed by atoms with Crippen molar-refractivity contribution in [3.8, 4) is 11.3 Å². The maximum Gasteiger partial charge on any atom is 0.187 e. The van der Waals surface area contributed by atoms with Gasteiger partial charge in [0.1, 0.15) is 9.90 Å². The van der Waals surface area contributed by atoms with Crippen molar-refractivity contribution in [2.24, 2.45) is 0 Å². The lowest BCUT2D eigenvalue weighted by atomic mass is 10.2. The third-order valence-corrected chi connectivity index (χ3v) is 4.99. The molecule has 0 unspecified atom stereocenters. The molecule has 0 atom stereocenters. The number of thiazole rings is 1. The maximum atomic E-state index is 11.6. The van der Waals surface area contributed by atoms with Gasteiger partial charge in [0.2, 0.25) is 0 Å². The Balaban J connectivity index is 2.68. The minimum absolute atomic E-state index is 0.164. The van der Waals surface area contributed by atoms with Crippen molar-refractivity contribution in [2.45, 2.75) is 4.21 Å². The summed E-state index contributed by atoms with van der Waals surface area (Å²) in [5.74, 6) is 0. The largest absolute Gasteiger partial charge is 0.375 e. The van der Waals surface area contributed by atoms with E-state index in [4.69, 9.17) is 17.3 Å². The average Bonchev–Trinajstić information content (AvgIpc) is 2.60. The zero-order valence-electron chi connectivity index (χ0n) is 8.84. The van der Waals surface area contributed by atoms with E-state index >= 15 is 0 Å².